The quantitative estimate of drug-likeness (QED) is 0.118. The van der Waals surface area contributed by atoms with Crippen molar-refractivity contribution in [3.05, 3.63) is 143 Å². The fraction of sp³-hybridized carbons (Fsp3) is 0.298. The maximum Gasteiger partial charge on any atom is 0.124 e. The molecule has 0 aliphatic rings. The fourth-order valence-electron chi connectivity index (χ4n) is 6.79. The molecule has 1 radical (unpaired) electrons. The fourth-order valence-corrected chi connectivity index (χ4v) is 8.47. The van der Waals surface area contributed by atoms with Crippen LogP contribution in [-0.4, -0.2) is 23.0 Å². The number of fused-ring (bicyclic) bond motifs is 3. The third kappa shape index (κ3) is 8.62. The molecule has 0 saturated carbocycles. The van der Waals surface area contributed by atoms with Crippen molar-refractivity contribution >= 4 is 35.2 Å². The first-order valence-electron chi connectivity index (χ1n) is 18.4. The zero-order chi connectivity index (χ0) is 37.4. The molecule has 4 nitrogen and oxygen atoms in total. The van der Waals surface area contributed by atoms with Crippen LogP contribution in [-0.2, 0) is 25.5 Å². The first-order chi connectivity index (χ1) is 24.6. The summed E-state index contributed by atoms with van der Waals surface area (Å²) in [6, 6.07) is 36.1. The van der Waals surface area contributed by atoms with Crippen LogP contribution in [0.4, 0.5) is 0 Å². The Morgan fingerprint density at radius 1 is 0.736 bits per heavy atom. The van der Waals surface area contributed by atoms with Crippen LogP contribution in [0.3, 0.4) is 0 Å². The number of aromatic nitrogens is 3. The van der Waals surface area contributed by atoms with Gasteiger partial charge < -0.3 is 14.4 Å². The molecule has 0 amide bonds. The van der Waals surface area contributed by atoms with E-state index in [-0.39, 0.29) is 25.5 Å². The molecule has 4 aromatic heterocycles. The minimum atomic E-state index is -1.35. The second kappa shape index (κ2) is 16.0. The van der Waals surface area contributed by atoms with E-state index in [0.717, 1.165) is 55.8 Å². The first-order valence-corrected chi connectivity index (χ1v) is 21.9. The molecule has 4 heterocycles. The van der Waals surface area contributed by atoms with Crippen LogP contribution >= 0.6 is 0 Å². The van der Waals surface area contributed by atoms with Gasteiger partial charge in [-0.15, -0.1) is 59.2 Å². The minimum Gasteiger partial charge on any atom is -0.500 e. The molecule has 0 saturated heterocycles. The van der Waals surface area contributed by atoms with Crippen molar-refractivity contribution < 1.29 is 24.5 Å². The van der Waals surface area contributed by atoms with Crippen LogP contribution in [0.15, 0.2) is 102 Å². The number of rotatable bonds is 7. The van der Waals surface area contributed by atoms with E-state index in [4.69, 9.17) is 14.4 Å². The summed E-state index contributed by atoms with van der Waals surface area (Å²) in [6.45, 7) is 24.6. The number of benzene rings is 3. The standard InChI is InChI=1S/C29H27N2O.C18H24NSi.Ir/c1-18(2)20-13-14-30-24(17-20)21-11-12-25-23(16-21)27-26(32-25)15-19(3)31-28(27)29(4,5)22-9-7-6-8-10-22;1-13(2)16-11-17(15-9-7-14(3)8-10-15)19-12-18(16)20(4,5)6;/h6-10,12-18H,1-5H3;7-9,11-13H,1-6H3;/q2*-1;. The molecule has 0 aliphatic heterocycles. The largest absolute Gasteiger partial charge is 0.500 e. The topological polar surface area (TPSA) is 51.8 Å². The normalized spacial score (nSPS) is 11.9. The molecule has 7 aromatic rings. The summed E-state index contributed by atoms with van der Waals surface area (Å²) >= 11 is 0. The van der Waals surface area contributed by atoms with Crippen molar-refractivity contribution in [1.29, 1.82) is 0 Å². The van der Waals surface area contributed by atoms with Gasteiger partial charge in [-0.1, -0.05) is 127 Å². The van der Waals surface area contributed by atoms with E-state index in [1.54, 1.807) is 0 Å². The van der Waals surface area contributed by atoms with Crippen LogP contribution in [0.5, 0.6) is 0 Å². The van der Waals surface area contributed by atoms with Crippen LogP contribution in [0.2, 0.25) is 19.6 Å². The molecular formula is C47H51IrN3OSi-2. The van der Waals surface area contributed by atoms with E-state index in [0.29, 0.717) is 11.8 Å². The molecule has 0 unspecified atom stereocenters. The van der Waals surface area contributed by atoms with Crippen molar-refractivity contribution in [1.82, 2.24) is 15.0 Å². The van der Waals surface area contributed by atoms with E-state index in [9.17, 15) is 0 Å². The Morgan fingerprint density at radius 3 is 2.08 bits per heavy atom. The Balaban J connectivity index is 0.000000223. The van der Waals surface area contributed by atoms with Crippen LogP contribution in [0, 0.1) is 26.0 Å². The van der Waals surface area contributed by atoms with Gasteiger partial charge in [0.05, 0.1) is 19.4 Å². The zero-order valence-corrected chi connectivity index (χ0v) is 36.4. The summed E-state index contributed by atoms with van der Waals surface area (Å²) in [4.78, 5) is 14.3. The van der Waals surface area contributed by atoms with Crippen molar-refractivity contribution in [2.45, 2.75) is 92.3 Å². The van der Waals surface area contributed by atoms with E-state index in [1.807, 2.05) is 37.4 Å². The van der Waals surface area contributed by atoms with Crippen molar-refractivity contribution in [2.24, 2.45) is 0 Å². The summed E-state index contributed by atoms with van der Waals surface area (Å²) in [5.74, 6) is 0.976. The van der Waals surface area contributed by atoms with E-state index in [1.165, 1.54) is 27.4 Å². The number of hydrogen-bond acceptors (Lipinski definition) is 4. The number of pyridine rings is 3. The number of furan rings is 1. The predicted molar refractivity (Wildman–Crippen MR) is 221 cm³/mol. The van der Waals surface area contributed by atoms with Crippen LogP contribution < -0.4 is 5.19 Å². The van der Waals surface area contributed by atoms with Gasteiger partial charge in [0.25, 0.3) is 0 Å². The molecular weight excluding hydrogens is 843 g/mol. The van der Waals surface area contributed by atoms with Gasteiger partial charge in [-0.3, -0.25) is 4.98 Å². The SMILES string of the molecule is Cc1c[c-]c(-c2cc(C(C)C)c([Si](C)(C)C)cn2)cc1.Cc1cc2oc3c[c-]c(-c4cc(C(C)C)ccn4)cc3c2c(C(C)(C)c2ccccc2)n1.[Ir]. The maximum absolute atomic E-state index is 6.27. The Kier molecular flexibility index (Phi) is 12.1. The molecule has 53 heavy (non-hydrogen) atoms. The molecule has 6 heteroatoms. The summed E-state index contributed by atoms with van der Waals surface area (Å²) in [5.41, 5.74) is 12.6. The third-order valence-electron chi connectivity index (χ3n) is 9.94. The summed E-state index contributed by atoms with van der Waals surface area (Å²) < 4.78 is 6.27. The van der Waals surface area contributed by atoms with Crippen LogP contribution in [0.25, 0.3) is 44.5 Å². The van der Waals surface area contributed by atoms with Crippen LogP contribution in [0.1, 0.15) is 87.0 Å². The van der Waals surface area contributed by atoms with Gasteiger partial charge in [-0.25, -0.2) is 0 Å². The zero-order valence-electron chi connectivity index (χ0n) is 33.0. The first kappa shape index (κ1) is 40.0. The Hall–Kier alpha value is -4.22. The number of hydrogen-bond donors (Lipinski definition) is 0. The monoisotopic (exact) mass is 894 g/mol. The predicted octanol–water partition coefficient (Wildman–Crippen LogP) is 12.1. The van der Waals surface area contributed by atoms with Gasteiger partial charge >= 0.3 is 0 Å². The maximum atomic E-state index is 6.27. The van der Waals surface area contributed by atoms with Crippen molar-refractivity contribution in [3.63, 3.8) is 0 Å². The minimum absolute atomic E-state index is 0. The molecule has 0 atom stereocenters. The van der Waals surface area contributed by atoms with Gasteiger partial charge in [0, 0.05) is 55.1 Å². The molecule has 0 N–H and O–H groups in total. The summed E-state index contributed by atoms with van der Waals surface area (Å²) in [5, 5.41) is 3.59. The molecule has 0 bridgehead atoms. The van der Waals surface area contributed by atoms with E-state index in [2.05, 4.69) is 152 Å². The second-order valence-corrected chi connectivity index (χ2v) is 21.2. The Bertz CT molecular complexity index is 2340. The van der Waals surface area contributed by atoms with Crippen molar-refractivity contribution in [2.75, 3.05) is 0 Å². The molecule has 0 aliphatic carbocycles. The molecule has 3 aromatic carbocycles. The number of aryl methyl sites for hydroxylation is 2. The molecule has 0 spiro atoms. The smallest absolute Gasteiger partial charge is 0.124 e. The van der Waals surface area contributed by atoms with Gasteiger partial charge in [-0.05, 0) is 47.0 Å². The third-order valence-corrected chi connectivity index (χ3v) is 12.0. The van der Waals surface area contributed by atoms with Crippen molar-refractivity contribution in [3.8, 4) is 22.5 Å². The summed E-state index contributed by atoms with van der Waals surface area (Å²) in [7, 11) is -1.35. The van der Waals surface area contributed by atoms with Gasteiger partial charge in [0.2, 0.25) is 0 Å². The number of nitrogens with zero attached hydrogens (tertiary/aromatic N) is 3. The van der Waals surface area contributed by atoms with Gasteiger partial charge in [-0.2, -0.15) is 0 Å². The van der Waals surface area contributed by atoms with E-state index < -0.39 is 8.07 Å². The second-order valence-electron chi connectivity index (χ2n) is 16.2. The Labute approximate surface area is 330 Å². The van der Waals surface area contributed by atoms with Gasteiger partial charge in [0.15, 0.2) is 0 Å². The van der Waals surface area contributed by atoms with Gasteiger partial charge in [0.1, 0.15) is 5.58 Å². The average Bonchev–Trinajstić information content (AvgIpc) is 3.49. The van der Waals surface area contributed by atoms with E-state index >= 15 is 0 Å². The Morgan fingerprint density at radius 2 is 1.43 bits per heavy atom. The average molecular weight is 894 g/mol. The molecule has 7 rings (SSSR count). The summed E-state index contributed by atoms with van der Waals surface area (Å²) in [6.07, 6.45) is 3.98. The molecule has 275 valence electrons. The molecule has 0 fully saturated rings.